The Hall–Kier alpha value is -1.30. The van der Waals surface area contributed by atoms with Crippen LogP contribution in [-0.4, -0.2) is 65.7 Å². The average Bonchev–Trinajstić information content (AvgIpc) is 2.95. The van der Waals surface area contributed by atoms with Gasteiger partial charge in [-0.25, -0.2) is 4.79 Å². The quantitative estimate of drug-likeness (QED) is 0.822. The zero-order valence-electron chi connectivity index (χ0n) is 13.3. The molecule has 0 spiro atoms. The average molecular weight is 297 g/mol. The molecular weight excluding hydrogens is 270 g/mol. The number of carbonyl (C=O) groups excluding carboxylic acids is 1. The molecule has 2 aliphatic rings. The standard InChI is InChI=1S/C15H27N3O3/c1-11-9-18(10-12(11)17(2)3)14(21)16-15(8-13(19)20)6-4-5-7-15/h11-12H,4-10H2,1-3H3,(H,16,21)(H,19,20). The van der Waals surface area contributed by atoms with Gasteiger partial charge < -0.3 is 20.2 Å². The number of carboxylic acid groups (broad SMARTS) is 1. The predicted octanol–water partition coefficient (Wildman–Crippen LogP) is 1.37. The minimum absolute atomic E-state index is 0.0270. The van der Waals surface area contributed by atoms with Gasteiger partial charge >= 0.3 is 12.0 Å². The van der Waals surface area contributed by atoms with Crippen molar-refractivity contribution in [3.05, 3.63) is 0 Å². The van der Waals surface area contributed by atoms with Crippen LogP contribution in [0.25, 0.3) is 0 Å². The van der Waals surface area contributed by atoms with Crippen LogP contribution in [0.4, 0.5) is 4.79 Å². The zero-order valence-corrected chi connectivity index (χ0v) is 13.3. The van der Waals surface area contributed by atoms with Gasteiger partial charge in [-0.15, -0.1) is 0 Å². The molecule has 0 aromatic heterocycles. The molecule has 0 aromatic rings. The van der Waals surface area contributed by atoms with Gasteiger partial charge in [-0.05, 0) is 32.9 Å². The van der Waals surface area contributed by atoms with E-state index in [-0.39, 0.29) is 12.5 Å². The van der Waals surface area contributed by atoms with E-state index >= 15 is 0 Å². The van der Waals surface area contributed by atoms with Crippen molar-refractivity contribution >= 4 is 12.0 Å². The van der Waals surface area contributed by atoms with Crippen molar-refractivity contribution in [3.8, 4) is 0 Å². The van der Waals surface area contributed by atoms with Crippen molar-refractivity contribution < 1.29 is 14.7 Å². The van der Waals surface area contributed by atoms with E-state index in [1.165, 1.54) is 0 Å². The van der Waals surface area contributed by atoms with Gasteiger partial charge in [-0.3, -0.25) is 4.79 Å². The minimum Gasteiger partial charge on any atom is -0.481 e. The van der Waals surface area contributed by atoms with E-state index in [9.17, 15) is 9.59 Å². The maximum Gasteiger partial charge on any atom is 0.317 e. The monoisotopic (exact) mass is 297 g/mol. The Kier molecular flexibility index (Phi) is 4.76. The molecule has 1 heterocycles. The van der Waals surface area contributed by atoms with E-state index in [0.29, 0.717) is 18.5 Å². The van der Waals surface area contributed by atoms with Crippen molar-refractivity contribution in [1.29, 1.82) is 0 Å². The summed E-state index contributed by atoms with van der Waals surface area (Å²) in [4.78, 5) is 27.6. The molecule has 1 saturated heterocycles. The summed E-state index contributed by atoms with van der Waals surface area (Å²) in [5.41, 5.74) is -0.539. The Balaban J connectivity index is 1.98. The van der Waals surface area contributed by atoms with E-state index in [1.54, 1.807) is 0 Å². The molecule has 0 radical (unpaired) electrons. The number of carboxylic acids is 1. The summed E-state index contributed by atoms with van der Waals surface area (Å²) < 4.78 is 0. The highest BCUT2D eigenvalue weighted by Gasteiger charge is 2.40. The lowest BCUT2D eigenvalue weighted by Crippen LogP contribution is -2.52. The Labute approximate surface area is 126 Å². The highest BCUT2D eigenvalue weighted by molar-refractivity contribution is 5.77. The summed E-state index contributed by atoms with van der Waals surface area (Å²) in [7, 11) is 4.07. The van der Waals surface area contributed by atoms with Crippen LogP contribution in [0.3, 0.4) is 0 Å². The van der Waals surface area contributed by atoms with E-state index in [4.69, 9.17) is 5.11 Å². The second-order valence-corrected chi connectivity index (χ2v) is 6.90. The largest absolute Gasteiger partial charge is 0.481 e. The second kappa shape index (κ2) is 6.22. The van der Waals surface area contributed by atoms with E-state index in [1.807, 2.05) is 19.0 Å². The topological polar surface area (TPSA) is 72.9 Å². The number of nitrogens with one attached hydrogen (secondary N) is 1. The molecule has 2 rings (SSSR count). The Morgan fingerprint density at radius 1 is 1.29 bits per heavy atom. The minimum atomic E-state index is -0.835. The van der Waals surface area contributed by atoms with Crippen LogP contribution >= 0.6 is 0 Å². The lowest BCUT2D eigenvalue weighted by atomic mass is 9.93. The third-order valence-corrected chi connectivity index (χ3v) is 4.95. The number of hydrogen-bond donors (Lipinski definition) is 2. The van der Waals surface area contributed by atoms with Gasteiger partial charge in [0.1, 0.15) is 0 Å². The number of likely N-dealkylation sites (tertiary alicyclic amines) is 1. The highest BCUT2D eigenvalue weighted by Crippen LogP contribution is 2.33. The second-order valence-electron chi connectivity index (χ2n) is 6.90. The SMILES string of the molecule is CC1CN(C(=O)NC2(CC(=O)O)CCCC2)CC1N(C)C. The maximum absolute atomic E-state index is 12.5. The first kappa shape index (κ1) is 16.1. The lowest BCUT2D eigenvalue weighted by molar-refractivity contribution is -0.138. The number of hydrogen-bond acceptors (Lipinski definition) is 3. The lowest BCUT2D eigenvalue weighted by Gasteiger charge is -2.31. The molecular formula is C15H27N3O3. The van der Waals surface area contributed by atoms with Crippen LogP contribution in [-0.2, 0) is 4.79 Å². The molecule has 2 unspecified atom stereocenters. The fourth-order valence-corrected chi connectivity index (χ4v) is 3.78. The zero-order chi connectivity index (χ0) is 15.6. The molecule has 6 heteroatoms. The number of urea groups is 1. The van der Waals surface area contributed by atoms with E-state index in [2.05, 4.69) is 17.1 Å². The fourth-order valence-electron chi connectivity index (χ4n) is 3.78. The number of rotatable bonds is 4. The maximum atomic E-state index is 12.5. The number of carbonyl (C=O) groups is 2. The number of aliphatic carboxylic acids is 1. The smallest absolute Gasteiger partial charge is 0.317 e. The molecule has 6 nitrogen and oxygen atoms in total. The van der Waals surface area contributed by atoms with Crippen LogP contribution in [0.5, 0.6) is 0 Å². The molecule has 120 valence electrons. The van der Waals surface area contributed by atoms with Gasteiger partial charge in [-0.2, -0.15) is 0 Å². The molecule has 1 saturated carbocycles. The Morgan fingerprint density at radius 3 is 2.38 bits per heavy atom. The van der Waals surface area contributed by atoms with Crippen molar-refractivity contribution in [3.63, 3.8) is 0 Å². The molecule has 21 heavy (non-hydrogen) atoms. The van der Waals surface area contributed by atoms with E-state index < -0.39 is 11.5 Å². The predicted molar refractivity (Wildman–Crippen MR) is 80.2 cm³/mol. The van der Waals surface area contributed by atoms with Gasteiger partial charge in [0, 0.05) is 19.1 Å². The summed E-state index contributed by atoms with van der Waals surface area (Å²) in [6.07, 6.45) is 3.55. The summed E-state index contributed by atoms with van der Waals surface area (Å²) in [5.74, 6) is -0.400. The molecule has 2 fully saturated rings. The van der Waals surface area contributed by atoms with Crippen molar-refractivity contribution in [1.82, 2.24) is 15.1 Å². The van der Waals surface area contributed by atoms with Gasteiger partial charge in [-0.1, -0.05) is 19.8 Å². The molecule has 1 aliphatic heterocycles. The molecule has 0 aromatic carbocycles. The van der Waals surface area contributed by atoms with Crippen LogP contribution < -0.4 is 5.32 Å². The molecule has 2 atom stereocenters. The first-order chi connectivity index (χ1) is 9.83. The fraction of sp³-hybridized carbons (Fsp3) is 0.867. The van der Waals surface area contributed by atoms with Crippen LogP contribution in [0.2, 0.25) is 0 Å². The van der Waals surface area contributed by atoms with Crippen molar-refractivity contribution in [2.75, 3.05) is 27.2 Å². The summed E-state index contributed by atoms with van der Waals surface area (Å²) >= 11 is 0. The van der Waals surface area contributed by atoms with Gasteiger partial charge in [0.05, 0.1) is 12.0 Å². The molecule has 0 bridgehead atoms. The third-order valence-electron chi connectivity index (χ3n) is 4.95. The van der Waals surface area contributed by atoms with Crippen LogP contribution in [0, 0.1) is 5.92 Å². The Bertz CT molecular complexity index is 405. The first-order valence-corrected chi connectivity index (χ1v) is 7.78. The van der Waals surface area contributed by atoms with Crippen LogP contribution in [0.15, 0.2) is 0 Å². The third kappa shape index (κ3) is 3.67. The number of likely N-dealkylation sites (N-methyl/N-ethyl adjacent to an activating group) is 1. The first-order valence-electron chi connectivity index (χ1n) is 7.78. The molecule has 1 aliphatic carbocycles. The van der Waals surface area contributed by atoms with Gasteiger partial charge in [0.15, 0.2) is 0 Å². The normalized spacial score (nSPS) is 28.1. The van der Waals surface area contributed by atoms with Crippen molar-refractivity contribution in [2.24, 2.45) is 5.92 Å². The van der Waals surface area contributed by atoms with Gasteiger partial charge in [0.2, 0.25) is 0 Å². The van der Waals surface area contributed by atoms with Crippen molar-refractivity contribution in [2.45, 2.75) is 50.6 Å². The summed E-state index contributed by atoms with van der Waals surface area (Å²) in [6, 6.07) is 0.268. The summed E-state index contributed by atoms with van der Waals surface area (Å²) in [6.45, 7) is 3.60. The number of amides is 2. The van der Waals surface area contributed by atoms with Gasteiger partial charge in [0.25, 0.3) is 0 Å². The number of nitrogens with zero attached hydrogens (tertiary/aromatic N) is 2. The van der Waals surface area contributed by atoms with Crippen LogP contribution in [0.1, 0.15) is 39.0 Å². The Morgan fingerprint density at radius 2 is 1.90 bits per heavy atom. The highest BCUT2D eigenvalue weighted by atomic mass is 16.4. The van der Waals surface area contributed by atoms with E-state index in [0.717, 1.165) is 32.2 Å². The molecule has 2 amide bonds. The summed E-state index contributed by atoms with van der Waals surface area (Å²) in [5, 5.41) is 12.1. The molecule has 2 N–H and O–H groups in total.